The molecule has 20 heavy (non-hydrogen) atoms. The Labute approximate surface area is 116 Å². The molecule has 3 nitrogen and oxygen atoms in total. The number of hydrogen-bond donors (Lipinski definition) is 2. The van der Waals surface area contributed by atoms with Crippen LogP contribution >= 0.6 is 0 Å². The predicted molar refractivity (Wildman–Crippen MR) is 73.3 cm³/mol. The molecule has 6 heteroatoms. The second kappa shape index (κ2) is 5.89. The van der Waals surface area contributed by atoms with Crippen molar-refractivity contribution in [1.29, 1.82) is 0 Å². The van der Waals surface area contributed by atoms with Crippen LogP contribution in [0.4, 0.5) is 24.5 Å². The third-order valence-electron chi connectivity index (χ3n) is 4.00. The molecule has 2 rings (SSSR count). The summed E-state index contributed by atoms with van der Waals surface area (Å²) in [6, 6.07) is 1.20. The van der Waals surface area contributed by atoms with Crippen LogP contribution in [0.1, 0.15) is 44.7 Å². The number of aromatic nitrogens is 1. The Morgan fingerprint density at radius 3 is 2.70 bits per heavy atom. The van der Waals surface area contributed by atoms with Gasteiger partial charge in [0.05, 0.1) is 17.6 Å². The summed E-state index contributed by atoms with van der Waals surface area (Å²) < 4.78 is 38.1. The molecule has 1 aliphatic rings. The number of rotatable bonds is 3. The van der Waals surface area contributed by atoms with E-state index in [1.165, 1.54) is 6.42 Å². The van der Waals surface area contributed by atoms with Crippen molar-refractivity contribution < 1.29 is 13.2 Å². The molecule has 1 fully saturated rings. The molecule has 0 saturated heterocycles. The SMILES string of the molecule is CCC1CCCCC1Nc1cc(C(F)(F)F)ncc1N. The topological polar surface area (TPSA) is 50.9 Å². The van der Waals surface area contributed by atoms with E-state index in [9.17, 15) is 13.2 Å². The Morgan fingerprint density at radius 2 is 2.05 bits per heavy atom. The molecule has 1 aromatic rings. The fourth-order valence-corrected chi connectivity index (χ4v) is 2.83. The fourth-order valence-electron chi connectivity index (χ4n) is 2.83. The molecular formula is C14H20F3N3. The molecule has 0 bridgehead atoms. The van der Waals surface area contributed by atoms with Crippen LogP contribution < -0.4 is 11.1 Å². The molecule has 2 unspecified atom stereocenters. The minimum absolute atomic E-state index is 0.194. The number of alkyl halides is 3. The zero-order valence-corrected chi connectivity index (χ0v) is 11.5. The van der Waals surface area contributed by atoms with Gasteiger partial charge in [0.25, 0.3) is 0 Å². The monoisotopic (exact) mass is 287 g/mol. The predicted octanol–water partition coefficient (Wildman–Crippen LogP) is 4.06. The normalized spacial score (nSPS) is 23.6. The largest absolute Gasteiger partial charge is 0.433 e. The number of nitrogens with one attached hydrogen (secondary N) is 1. The van der Waals surface area contributed by atoms with Crippen LogP contribution in [0.2, 0.25) is 0 Å². The number of halogens is 3. The second-order valence-corrected chi connectivity index (χ2v) is 5.36. The van der Waals surface area contributed by atoms with E-state index in [-0.39, 0.29) is 11.7 Å². The molecule has 0 amide bonds. The first-order chi connectivity index (χ1) is 9.41. The van der Waals surface area contributed by atoms with Crippen LogP contribution in [0.25, 0.3) is 0 Å². The van der Waals surface area contributed by atoms with Crippen molar-refractivity contribution in [1.82, 2.24) is 4.98 Å². The van der Waals surface area contributed by atoms with Crippen LogP contribution in [0.15, 0.2) is 12.3 Å². The fraction of sp³-hybridized carbons (Fsp3) is 0.643. The lowest BCUT2D eigenvalue weighted by molar-refractivity contribution is -0.141. The van der Waals surface area contributed by atoms with Gasteiger partial charge in [-0.05, 0) is 24.8 Å². The minimum atomic E-state index is -4.44. The number of hydrogen-bond acceptors (Lipinski definition) is 3. The Kier molecular flexibility index (Phi) is 4.40. The third-order valence-corrected chi connectivity index (χ3v) is 4.00. The van der Waals surface area contributed by atoms with Crippen LogP contribution in [0.3, 0.4) is 0 Å². The molecule has 3 N–H and O–H groups in total. The Balaban J connectivity index is 2.19. The van der Waals surface area contributed by atoms with Crippen molar-refractivity contribution in [3.63, 3.8) is 0 Å². The summed E-state index contributed by atoms with van der Waals surface area (Å²) in [4.78, 5) is 3.35. The van der Waals surface area contributed by atoms with Crippen molar-refractivity contribution in [3.8, 4) is 0 Å². The van der Waals surface area contributed by atoms with Gasteiger partial charge in [0.2, 0.25) is 0 Å². The van der Waals surface area contributed by atoms with Gasteiger partial charge in [-0.3, -0.25) is 0 Å². The number of nitrogen functional groups attached to an aromatic ring is 1. The molecule has 0 aromatic carbocycles. The molecule has 112 valence electrons. The standard InChI is InChI=1S/C14H20F3N3/c1-2-9-5-3-4-6-11(9)20-12-7-13(14(15,16)17)19-8-10(12)18/h7-9,11H,2-6,18H2,1H3,(H,19,20). The summed E-state index contributed by atoms with van der Waals surface area (Å²) in [5.74, 6) is 0.491. The highest BCUT2D eigenvalue weighted by Gasteiger charge is 2.33. The van der Waals surface area contributed by atoms with Crippen molar-refractivity contribution in [2.24, 2.45) is 5.92 Å². The lowest BCUT2D eigenvalue weighted by atomic mass is 9.83. The smallest absolute Gasteiger partial charge is 0.396 e. The average molecular weight is 287 g/mol. The van der Waals surface area contributed by atoms with Gasteiger partial charge in [-0.25, -0.2) is 4.98 Å². The summed E-state index contributed by atoms with van der Waals surface area (Å²) in [6.45, 7) is 2.11. The molecule has 1 aromatic heterocycles. The summed E-state index contributed by atoms with van der Waals surface area (Å²) >= 11 is 0. The van der Waals surface area contributed by atoms with E-state index in [1.807, 2.05) is 0 Å². The van der Waals surface area contributed by atoms with Gasteiger partial charge < -0.3 is 11.1 Å². The zero-order valence-electron chi connectivity index (χ0n) is 11.5. The van der Waals surface area contributed by atoms with E-state index in [0.29, 0.717) is 11.6 Å². The summed E-state index contributed by atoms with van der Waals surface area (Å²) in [7, 11) is 0. The van der Waals surface area contributed by atoms with Gasteiger partial charge in [-0.15, -0.1) is 0 Å². The van der Waals surface area contributed by atoms with Gasteiger partial charge in [0.1, 0.15) is 5.69 Å². The quantitative estimate of drug-likeness (QED) is 0.881. The summed E-state index contributed by atoms with van der Waals surface area (Å²) in [6.07, 6.45) is 2.04. The first-order valence-electron chi connectivity index (χ1n) is 7.01. The third kappa shape index (κ3) is 3.35. The number of nitrogens with zero attached hydrogens (tertiary/aromatic N) is 1. The minimum Gasteiger partial charge on any atom is -0.396 e. The Bertz CT molecular complexity index is 459. The Morgan fingerprint density at radius 1 is 1.35 bits per heavy atom. The summed E-state index contributed by atoms with van der Waals surface area (Å²) in [5.41, 5.74) is 5.45. The van der Waals surface area contributed by atoms with E-state index in [4.69, 9.17) is 5.73 Å². The maximum absolute atomic E-state index is 12.7. The second-order valence-electron chi connectivity index (χ2n) is 5.36. The van der Waals surface area contributed by atoms with Crippen molar-refractivity contribution in [2.45, 2.75) is 51.2 Å². The van der Waals surface area contributed by atoms with Crippen LogP contribution in [-0.2, 0) is 6.18 Å². The first-order valence-corrected chi connectivity index (χ1v) is 7.01. The maximum atomic E-state index is 12.7. The van der Waals surface area contributed by atoms with Gasteiger partial charge in [0, 0.05) is 6.04 Å². The number of pyridine rings is 1. The average Bonchev–Trinajstić information content (AvgIpc) is 2.40. The van der Waals surface area contributed by atoms with Crippen molar-refractivity contribution in [3.05, 3.63) is 18.0 Å². The highest BCUT2D eigenvalue weighted by Crippen LogP contribution is 2.34. The highest BCUT2D eigenvalue weighted by molar-refractivity contribution is 5.65. The molecule has 2 atom stereocenters. The molecule has 1 saturated carbocycles. The number of nitrogens with two attached hydrogens (primary N) is 1. The zero-order chi connectivity index (χ0) is 14.8. The van der Waals surface area contributed by atoms with Gasteiger partial charge in [-0.1, -0.05) is 26.2 Å². The van der Waals surface area contributed by atoms with E-state index in [0.717, 1.165) is 37.9 Å². The molecule has 0 aliphatic heterocycles. The van der Waals surface area contributed by atoms with Gasteiger partial charge >= 0.3 is 6.18 Å². The van der Waals surface area contributed by atoms with E-state index >= 15 is 0 Å². The van der Waals surface area contributed by atoms with Gasteiger partial charge in [0.15, 0.2) is 0 Å². The lowest BCUT2D eigenvalue weighted by Gasteiger charge is -2.32. The summed E-state index contributed by atoms with van der Waals surface area (Å²) in [5, 5.41) is 3.20. The first kappa shape index (κ1) is 14.9. The van der Waals surface area contributed by atoms with Crippen LogP contribution in [-0.4, -0.2) is 11.0 Å². The molecule has 0 radical (unpaired) electrons. The number of anilines is 2. The molecule has 1 aliphatic carbocycles. The lowest BCUT2D eigenvalue weighted by Crippen LogP contribution is -2.32. The molecule has 0 spiro atoms. The van der Waals surface area contributed by atoms with E-state index < -0.39 is 11.9 Å². The van der Waals surface area contributed by atoms with Crippen LogP contribution in [0.5, 0.6) is 0 Å². The van der Waals surface area contributed by atoms with E-state index in [2.05, 4.69) is 17.2 Å². The Hall–Kier alpha value is -1.46. The van der Waals surface area contributed by atoms with Crippen molar-refractivity contribution >= 4 is 11.4 Å². The highest BCUT2D eigenvalue weighted by atomic mass is 19.4. The van der Waals surface area contributed by atoms with Crippen molar-refractivity contribution in [2.75, 3.05) is 11.1 Å². The van der Waals surface area contributed by atoms with Gasteiger partial charge in [-0.2, -0.15) is 13.2 Å². The van der Waals surface area contributed by atoms with Crippen LogP contribution in [0, 0.1) is 5.92 Å². The molecule has 1 heterocycles. The van der Waals surface area contributed by atoms with E-state index in [1.54, 1.807) is 0 Å². The molecular weight excluding hydrogens is 267 g/mol. The maximum Gasteiger partial charge on any atom is 0.433 e.